The normalized spacial score (nSPS) is 16.3. The number of Topliss-reactive ketones (excluding diaryl/α,β-unsaturated/α-hetero) is 2. The van der Waals surface area contributed by atoms with Gasteiger partial charge in [-0.15, -0.1) is 0 Å². The number of hydrogen-bond acceptors (Lipinski definition) is 8. The molecule has 0 saturated carbocycles. The van der Waals surface area contributed by atoms with Crippen molar-refractivity contribution in [3.8, 4) is 17.2 Å². The van der Waals surface area contributed by atoms with Crippen molar-refractivity contribution in [2.24, 2.45) is 5.92 Å². The van der Waals surface area contributed by atoms with Crippen molar-refractivity contribution >= 4 is 28.7 Å². The van der Waals surface area contributed by atoms with Crippen LogP contribution in [0.15, 0.2) is 17.7 Å². The van der Waals surface area contributed by atoms with Crippen molar-refractivity contribution in [1.29, 1.82) is 0 Å². The van der Waals surface area contributed by atoms with Gasteiger partial charge in [0.2, 0.25) is 0 Å². The standard InChI is InChI=1S/C28H34N2O6/c1-7-8-11-36-28-20(14(2)31)27(35)24(30(5)6)17-13-15-12-16-18(29(3)4)9-10-19(32)22(16)25(33)21(15)26(34)23(17)28/h9-10,15,32-33,35H,7-8,11-13H2,1-6H3. The van der Waals surface area contributed by atoms with E-state index in [1.807, 2.05) is 25.9 Å². The van der Waals surface area contributed by atoms with E-state index in [2.05, 4.69) is 0 Å². The Morgan fingerprint density at radius 3 is 2.28 bits per heavy atom. The maximum absolute atomic E-state index is 14.1. The molecular formula is C28H34N2O6. The number of ether oxygens (including phenoxy) is 1. The van der Waals surface area contributed by atoms with Crippen LogP contribution in [0.1, 0.15) is 64.1 Å². The van der Waals surface area contributed by atoms with E-state index >= 15 is 0 Å². The van der Waals surface area contributed by atoms with Gasteiger partial charge in [0.1, 0.15) is 22.8 Å². The first kappa shape index (κ1) is 25.4. The number of anilines is 2. The molecule has 0 heterocycles. The Kier molecular flexibility index (Phi) is 6.64. The molecule has 8 heteroatoms. The number of ketones is 2. The molecule has 2 aromatic rings. The highest BCUT2D eigenvalue weighted by molar-refractivity contribution is 6.20. The Balaban J connectivity index is 2.03. The summed E-state index contributed by atoms with van der Waals surface area (Å²) in [6, 6.07) is 3.31. The number of aliphatic hydroxyl groups excluding tert-OH is 1. The SMILES string of the molecule is CCCCOc1c(C(C)=O)c(O)c(N(C)C)c2c1C(=O)C1=C(O)c3c(O)ccc(N(C)C)c3CC1C2. The number of benzene rings is 2. The summed E-state index contributed by atoms with van der Waals surface area (Å²) >= 11 is 0. The Labute approximate surface area is 211 Å². The number of fused-ring (bicyclic) bond motifs is 3. The zero-order valence-electron chi connectivity index (χ0n) is 21.7. The number of rotatable bonds is 7. The predicted octanol–water partition coefficient (Wildman–Crippen LogP) is 4.49. The Hall–Kier alpha value is -3.68. The van der Waals surface area contributed by atoms with E-state index in [1.165, 1.54) is 13.0 Å². The lowest BCUT2D eigenvalue weighted by molar-refractivity contribution is 0.100. The van der Waals surface area contributed by atoms with Gasteiger partial charge in [0.25, 0.3) is 0 Å². The monoisotopic (exact) mass is 494 g/mol. The second kappa shape index (κ2) is 9.41. The first-order valence-electron chi connectivity index (χ1n) is 12.2. The molecule has 2 aliphatic carbocycles. The molecule has 0 aliphatic heterocycles. The second-order valence-electron chi connectivity index (χ2n) is 9.96. The van der Waals surface area contributed by atoms with Crippen LogP contribution in [0.4, 0.5) is 11.4 Å². The number of hydrogen-bond donors (Lipinski definition) is 3. The predicted molar refractivity (Wildman–Crippen MR) is 140 cm³/mol. The van der Waals surface area contributed by atoms with Crippen LogP contribution in [0.3, 0.4) is 0 Å². The van der Waals surface area contributed by atoms with Gasteiger partial charge in [-0.1, -0.05) is 13.3 Å². The lowest BCUT2D eigenvalue weighted by Crippen LogP contribution is -2.32. The highest BCUT2D eigenvalue weighted by atomic mass is 16.5. The Morgan fingerprint density at radius 2 is 1.69 bits per heavy atom. The van der Waals surface area contributed by atoms with Gasteiger partial charge < -0.3 is 29.9 Å². The number of aliphatic hydroxyl groups is 1. The number of carbonyl (C=O) groups excluding carboxylic acids is 2. The summed E-state index contributed by atoms with van der Waals surface area (Å²) < 4.78 is 6.00. The highest BCUT2D eigenvalue weighted by Gasteiger charge is 2.44. The first-order valence-corrected chi connectivity index (χ1v) is 12.2. The molecule has 0 bridgehead atoms. The molecule has 2 aromatic carbocycles. The second-order valence-corrected chi connectivity index (χ2v) is 9.96. The fraction of sp³-hybridized carbons (Fsp3) is 0.429. The number of allylic oxidation sites excluding steroid dienone is 1. The van der Waals surface area contributed by atoms with E-state index in [0.29, 0.717) is 30.5 Å². The lowest BCUT2D eigenvalue weighted by atomic mass is 9.70. The van der Waals surface area contributed by atoms with Gasteiger partial charge >= 0.3 is 0 Å². The van der Waals surface area contributed by atoms with Crippen LogP contribution in [-0.4, -0.2) is 61.7 Å². The van der Waals surface area contributed by atoms with Crippen LogP contribution in [-0.2, 0) is 12.8 Å². The van der Waals surface area contributed by atoms with Gasteiger partial charge in [0.05, 0.1) is 23.4 Å². The lowest BCUT2D eigenvalue weighted by Gasteiger charge is -2.36. The van der Waals surface area contributed by atoms with Crippen molar-refractivity contribution in [3.05, 3.63) is 45.5 Å². The number of nitrogens with zero attached hydrogens (tertiary/aromatic N) is 2. The number of aromatic hydroxyl groups is 2. The third kappa shape index (κ3) is 3.85. The van der Waals surface area contributed by atoms with E-state index < -0.39 is 11.6 Å². The molecule has 1 atom stereocenters. The van der Waals surface area contributed by atoms with Crippen LogP contribution in [0.2, 0.25) is 0 Å². The van der Waals surface area contributed by atoms with Gasteiger partial charge in [-0.3, -0.25) is 9.59 Å². The Morgan fingerprint density at radius 1 is 1.03 bits per heavy atom. The summed E-state index contributed by atoms with van der Waals surface area (Å²) in [7, 11) is 7.27. The van der Waals surface area contributed by atoms with Gasteiger partial charge in [-0.25, -0.2) is 0 Å². The molecule has 192 valence electrons. The van der Waals surface area contributed by atoms with Gasteiger partial charge in [-0.2, -0.15) is 0 Å². The van der Waals surface area contributed by atoms with Crippen LogP contribution in [0.25, 0.3) is 5.76 Å². The third-order valence-electron chi connectivity index (χ3n) is 7.07. The van der Waals surface area contributed by atoms with Crippen LogP contribution >= 0.6 is 0 Å². The summed E-state index contributed by atoms with van der Waals surface area (Å²) in [6.07, 6.45) is 2.34. The molecule has 0 spiro atoms. The first-order chi connectivity index (χ1) is 17.0. The third-order valence-corrected chi connectivity index (χ3v) is 7.07. The molecule has 2 aliphatic rings. The van der Waals surface area contributed by atoms with Crippen molar-refractivity contribution < 1.29 is 29.6 Å². The summed E-state index contributed by atoms with van der Waals surface area (Å²) in [6.45, 7) is 3.61. The van der Waals surface area contributed by atoms with E-state index in [0.717, 1.165) is 17.7 Å². The summed E-state index contributed by atoms with van der Waals surface area (Å²) in [4.78, 5) is 30.4. The summed E-state index contributed by atoms with van der Waals surface area (Å²) in [5.41, 5.74) is 3.23. The highest BCUT2D eigenvalue weighted by Crippen LogP contribution is 2.52. The van der Waals surface area contributed by atoms with Crippen LogP contribution in [0.5, 0.6) is 17.2 Å². The molecular weight excluding hydrogens is 460 g/mol. The summed E-state index contributed by atoms with van der Waals surface area (Å²) in [5, 5.41) is 33.2. The molecule has 1 unspecified atom stereocenters. The molecule has 0 fully saturated rings. The van der Waals surface area contributed by atoms with Crippen LogP contribution < -0.4 is 14.5 Å². The maximum Gasteiger partial charge on any atom is 0.197 e. The molecule has 0 saturated heterocycles. The van der Waals surface area contributed by atoms with Crippen LogP contribution in [0, 0.1) is 5.92 Å². The van der Waals surface area contributed by atoms with Gasteiger partial charge in [0, 0.05) is 39.5 Å². The van der Waals surface area contributed by atoms with Crippen molar-refractivity contribution in [3.63, 3.8) is 0 Å². The quantitative estimate of drug-likeness (QED) is 0.381. The van der Waals surface area contributed by atoms with E-state index in [9.17, 15) is 24.9 Å². The number of unbranched alkanes of at least 4 members (excludes halogenated alkanes) is 1. The molecule has 0 radical (unpaired) electrons. The number of phenolic OH excluding ortho intramolecular Hbond substituents is 2. The minimum Gasteiger partial charge on any atom is -0.507 e. The molecule has 8 nitrogen and oxygen atoms in total. The van der Waals surface area contributed by atoms with E-state index in [4.69, 9.17) is 4.74 Å². The minimum atomic E-state index is -0.448. The van der Waals surface area contributed by atoms with Crippen molar-refractivity contribution in [1.82, 2.24) is 0 Å². The zero-order valence-corrected chi connectivity index (χ0v) is 21.7. The molecule has 0 amide bonds. The van der Waals surface area contributed by atoms with Gasteiger partial charge in [-0.05, 0) is 55.4 Å². The molecule has 4 rings (SSSR count). The molecule has 0 aromatic heterocycles. The molecule has 36 heavy (non-hydrogen) atoms. The Bertz CT molecular complexity index is 1290. The van der Waals surface area contributed by atoms with Crippen molar-refractivity contribution in [2.45, 2.75) is 39.5 Å². The smallest absolute Gasteiger partial charge is 0.197 e. The average molecular weight is 495 g/mol. The minimum absolute atomic E-state index is 0.0330. The topological polar surface area (TPSA) is 111 Å². The zero-order chi connectivity index (χ0) is 26.5. The average Bonchev–Trinajstić information content (AvgIpc) is 2.78. The number of carbonyl (C=O) groups is 2. The van der Waals surface area contributed by atoms with Crippen molar-refractivity contribution in [2.75, 3.05) is 44.6 Å². The number of phenols is 2. The van der Waals surface area contributed by atoms with E-state index in [-0.39, 0.29) is 57.8 Å². The van der Waals surface area contributed by atoms with E-state index in [1.54, 1.807) is 25.1 Å². The maximum atomic E-state index is 14.1. The molecule has 3 N–H and O–H groups in total. The fourth-order valence-corrected chi connectivity index (χ4v) is 5.50. The largest absolute Gasteiger partial charge is 0.507 e. The summed E-state index contributed by atoms with van der Waals surface area (Å²) in [5.74, 6) is -1.72. The van der Waals surface area contributed by atoms with Gasteiger partial charge in [0.15, 0.2) is 17.3 Å². The fourth-order valence-electron chi connectivity index (χ4n) is 5.50.